The van der Waals surface area contributed by atoms with Gasteiger partial charge in [-0.2, -0.15) is 5.10 Å². The lowest BCUT2D eigenvalue weighted by Crippen LogP contribution is -2.27. The van der Waals surface area contributed by atoms with E-state index in [-0.39, 0.29) is 11.9 Å². The molecule has 0 bridgehead atoms. The average molecular weight is 358 g/mol. The van der Waals surface area contributed by atoms with E-state index < -0.39 is 0 Å². The Morgan fingerprint density at radius 3 is 2.85 bits per heavy atom. The molecular formula is C20H30N4O2. The number of ether oxygens (including phenoxy) is 1. The van der Waals surface area contributed by atoms with Gasteiger partial charge in [0.05, 0.1) is 23.6 Å². The van der Waals surface area contributed by atoms with E-state index in [0.29, 0.717) is 24.8 Å². The third-order valence-corrected chi connectivity index (χ3v) is 5.01. The van der Waals surface area contributed by atoms with Gasteiger partial charge >= 0.3 is 0 Å². The number of carbonyl (C=O) groups excluding carboxylic acids is 1. The van der Waals surface area contributed by atoms with Gasteiger partial charge in [-0.05, 0) is 46.1 Å². The van der Waals surface area contributed by atoms with Gasteiger partial charge in [-0.3, -0.25) is 4.79 Å². The standard InChI is InChI=1S/C20H30N4O2/c1-14(2)24-19-16(13-22-24)12-18(15(3)23-19)20(25)21-10-7-11-26-17-8-5-4-6-9-17/h12-14,17H,4-11H2,1-3H3,(H,21,25). The number of amides is 1. The number of pyridine rings is 1. The van der Waals surface area contributed by atoms with Crippen LogP contribution in [0.25, 0.3) is 11.0 Å². The first-order valence-corrected chi connectivity index (χ1v) is 9.81. The summed E-state index contributed by atoms with van der Waals surface area (Å²) >= 11 is 0. The fraction of sp³-hybridized carbons (Fsp3) is 0.650. The first kappa shape index (κ1) is 18.8. The summed E-state index contributed by atoms with van der Waals surface area (Å²) in [6.45, 7) is 7.34. The Balaban J connectivity index is 1.52. The Labute approximate surface area is 155 Å². The molecule has 0 aromatic carbocycles. The van der Waals surface area contributed by atoms with Crippen molar-refractivity contribution in [2.24, 2.45) is 0 Å². The molecule has 1 saturated carbocycles. The number of nitrogens with one attached hydrogen (secondary N) is 1. The molecule has 0 aliphatic heterocycles. The lowest BCUT2D eigenvalue weighted by molar-refractivity contribution is 0.0273. The summed E-state index contributed by atoms with van der Waals surface area (Å²) in [5.74, 6) is -0.0770. The van der Waals surface area contributed by atoms with Crippen LogP contribution in [-0.2, 0) is 4.74 Å². The molecule has 2 heterocycles. The Morgan fingerprint density at radius 2 is 2.12 bits per heavy atom. The maximum atomic E-state index is 12.5. The smallest absolute Gasteiger partial charge is 0.253 e. The van der Waals surface area contributed by atoms with Crippen molar-refractivity contribution in [1.29, 1.82) is 0 Å². The van der Waals surface area contributed by atoms with Gasteiger partial charge in [0.15, 0.2) is 5.65 Å². The van der Waals surface area contributed by atoms with Crippen molar-refractivity contribution < 1.29 is 9.53 Å². The second-order valence-corrected chi connectivity index (χ2v) is 7.46. The normalized spacial score (nSPS) is 15.7. The summed E-state index contributed by atoms with van der Waals surface area (Å²) in [5, 5.41) is 8.26. The lowest BCUT2D eigenvalue weighted by Gasteiger charge is -2.21. The molecule has 142 valence electrons. The molecule has 2 aromatic rings. The van der Waals surface area contributed by atoms with Crippen LogP contribution in [0.2, 0.25) is 0 Å². The van der Waals surface area contributed by atoms with E-state index in [1.165, 1.54) is 32.1 Å². The molecule has 1 aliphatic carbocycles. The fourth-order valence-electron chi connectivity index (χ4n) is 3.52. The number of carbonyl (C=O) groups is 1. The monoisotopic (exact) mass is 358 g/mol. The van der Waals surface area contributed by atoms with Crippen LogP contribution in [0.4, 0.5) is 0 Å². The predicted octanol–water partition coefficient (Wildman–Crippen LogP) is 3.79. The zero-order valence-electron chi connectivity index (χ0n) is 16.1. The van der Waals surface area contributed by atoms with Gasteiger partial charge in [0, 0.05) is 24.6 Å². The molecule has 0 radical (unpaired) electrons. The third-order valence-electron chi connectivity index (χ3n) is 5.01. The summed E-state index contributed by atoms with van der Waals surface area (Å²) < 4.78 is 7.78. The first-order chi connectivity index (χ1) is 12.6. The van der Waals surface area contributed by atoms with Crippen molar-refractivity contribution in [3.05, 3.63) is 23.5 Å². The van der Waals surface area contributed by atoms with Crippen LogP contribution in [0.5, 0.6) is 0 Å². The number of aryl methyl sites for hydroxylation is 1. The second-order valence-electron chi connectivity index (χ2n) is 7.46. The summed E-state index contributed by atoms with van der Waals surface area (Å²) in [5.41, 5.74) is 2.18. The second kappa shape index (κ2) is 8.62. The Bertz CT molecular complexity index is 748. The number of hydrogen-bond acceptors (Lipinski definition) is 4. The van der Waals surface area contributed by atoms with E-state index in [0.717, 1.165) is 23.1 Å². The Kier molecular flexibility index (Phi) is 6.25. The zero-order valence-corrected chi connectivity index (χ0v) is 16.1. The first-order valence-electron chi connectivity index (χ1n) is 9.81. The third kappa shape index (κ3) is 4.41. The molecular weight excluding hydrogens is 328 g/mol. The predicted molar refractivity (Wildman–Crippen MR) is 102 cm³/mol. The van der Waals surface area contributed by atoms with Gasteiger partial charge < -0.3 is 10.1 Å². The van der Waals surface area contributed by atoms with Gasteiger partial charge in [-0.1, -0.05) is 19.3 Å². The molecule has 6 heteroatoms. The number of rotatable bonds is 7. The topological polar surface area (TPSA) is 69.0 Å². The van der Waals surface area contributed by atoms with Crippen molar-refractivity contribution >= 4 is 16.9 Å². The van der Waals surface area contributed by atoms with Gasteiger partial charge in [0.25, 0.3) is 5.91 Å². The molecule has 0 unspecified atom stereocenters. The van der Waals surface area contributed by atoms with E-state index in [2.05, 4.69) is 29.2 Å². The van der Waals surface area contributed by atoms with E-state index in [9.17, 15) is 4.79 Å². The van der Waals surface area contributed by atoms with Gasteiger partial charge in [0.1, 0.15) is 0 Å². The van der Waals surface area contributed by atoms with E-state index in [4.69, 9.17) is 4.74 Å². The van der Waals surface area contributed by atoms with E-state index in [1.807, 2.05) is 17.7 Å². The molecule has 1 aliphatic rings. The molecule has 1 amide bonds. The number of aromatic nitrogens is 3. The van der Waals surface area contributed by atoms with Crippen LogP contribution >= 0.6 is 0 Å². The molecule has 3 rings (SSSR count). The molecule has 0 saturated heterocycles. The minimum Gasteiger partial charge on any atom is -0.378 e. The molecule has 1 fully saturated rings. The largest absolute Gasteiger partial charge is 0.378 e. The van der Waals surface area contributed by atoms with Gasteiger partial charge in [-0.25, -0.2) is 9.67 Å². The average Bonchev–Trinajstić information content (AvgIpc) is 3.04. The van der Waals surface area contributed by atoms with Crippen molar-refractivity contribution in [3.63, 3.8) is 0 Å². The van der Waals surface area contributed by atoms with Crippen LogP contribution in [0.1, 0.15) is 74.5 Å². The lowest BCUT2D eigenvalue weighted by atomic mass is 9.98. The Hall–Kier alpha value is -1.95. The fourth-order valence-corrected chi connectivity index (χ4v) is 3.52. The summed E-state index contributed by atoms with van der Waals surface area (Å²) in [7, 11) is 0. The minimum atomic E-state index is -0.0770. The van der Waals surface area contributed by atoms with E-state index >= 15 is 0 Å². The molecule has 2 aromatic heterocycles. The van der Waals surface area contributed by atoms with Crippen molar-refractivity contribution in [2.45, 2.75) is 71.4 Å². The van der Waals surface area contributed by atoms with Crippen LogP contribution < -0.4 is 5.32 Å². The number of fused-ring (bicyclic) bond motifs is 1. The highest BCUT2D eigenvalue weighted by molar-refractivity contribution is 5.98. The quantitative estimate of drug-likeness (QED) is 0.765. The zero-order chi connectivity index (χ0) is 18.5. The molecule has 1 N–H and O–H groups in total. The van der Waals surface area contributed by atoms with Crippen molar-refractivity contribution in [2.75, 3.05) is 13.2 Å². The van der Waals surface area contributed by atoms with Crippen LogP contribution in [0, 0.1) is 6.92 Å². The van der Waals surface area contributed by atoms with Crippen molar-refractivity contribution in [3.8, 4) is 0 Å². The van der Waals surface area contributed by atoms with Gasteiger partial charge in [0.2, 0.25) is 0 Å². The SMILES string of the molecule is Cc1nc2c(cnn2C(C)C)cc1C(=O)NCCCOC1CCCCC1. The Morgan fingerprint density at radius 1 is 1.35 bits per heavy atom. The van der Waals surface area contributed by atoms with Crippen LogP contribution in [0.15, 0.2) is 12.3 Å². The number of nitrogens with zero attached hydrogens (tertiary/aromatic N) is 3. The number of hydrogen-bond donors (Lipinski definition) is 1. The van der Waals surface area contributed by atoms with Crippen LogP contribution in [0.3, 0.4) is 0 Å². The summed E-state index contributed by atoms with van der Waals surface area (Å²) in [6, 6.07) is 2.13. The highest BCUT2D eigenvalue weighted by Gasteiger charge is 2.16. The molecule has 6 nitrogen and oxygen atoms in total. The molecule has 0 spiro atoms. The maximum absolute atomic E-state index is 12.5. The van der Waals surface area contributed by atoms with Crippen LogP contribution in [-0.4, -0.2) is 39.9 Å². The van der Waals surface area contributed by atoms with Crippen molar-refractivity contribution in [1.82, 2.24) is 20.1 Å². The summed E-state index contributed by atoms with van der Waals surface area (Å²) in [6.07, 6.45) is 9.30. The maximum Gasteiger partial charge on any atom is 0.253 e. The highest BCUT2D eigenvalue weighted by atomic mass is 16.5. The summed E-state index contributed by atoms with van der Waals surface area (Å²) in [4.78, 5) is 17.1. The minimum absolute atomic E-state index is 0.0770. The van der Waals surface area contributed by atoms with Gasteiger partial charge in [-0.15, -0.1) is 0 Å². The molecule has 0 atom stereocenters. The highest BCUT2D eigenvalue weighted by Crippen LogP contribution is 2.21. The van der Waals surface area contributed by atoms with E-state index in [1.54, 1.807) is 6.20 Å². The molecule has 26 heavy (non-hydrogen) atoms.